The van der Waals surface area contributed by atoms with Gasteiger partial charge in [-0.1, -0.05) is 6.07 Å². The van der Waals surface area contributed by atoms with Crippen LogP contribution >= 0.6 is 15.9 Å². The summed E-state index contributed by atoms with van der Waals surface area (Å²) >= 11 is 3.70. The zero-order valence-corrected chi connectivity index (χ0v) is 18.3. The van der Waals surface area contributed by atoms with E-state index in [1.54, 1.807) is 0 Å². The third-order valence-corrected chi connectivity index (χ3v) is 7.17. The second kappa shape index (κ2) is 7.69. The van der Waals surface area contributed by atoms with Crippen LogP contribution in [0.25, 0.3) is 10.9 Å². The molecular weight excluding hydrogens is 420 g/mol. The molecule has 1 saturated heterocycles. The van der Waals surface area contributed by atoms with Crippen molar-refractivity contribution in [1.82, 2.24) is 20.1 Å². The number of aliphatic hydroxyl groups excluding tert-OH is 1. The number of hydrogen-bond acceptors (Lipinski definition) is 3. The number of likely N-dealkylation sites (tertiary alicyclic amines) is 1. The van der Waals surface area contributed by atoms with E-state index in [0.717, 1.165) is 48.2 Å². The van der Waals surface area contributed by atoms with Gasteiger partial charge in [0.25, 0.3) is 0 Å². The molecular formula is C21H29BrN4O2. The van der Waals surface area contributed by atoms with E-state index < -0.39 is 0 Å². The number of nitrogens with one attached hydrogen (secondary N) is 2. The van der Waals surface area contributed by atoms with Crippen molar-refractivity contribution in [3.05, 3.63) is 33.4 Å². The highest BCUT2D eigenvalue weighted by atomic mass is 79.9. The number of likely N-dealkylation sites (N-methyl/N-ethyl adjacent to an activating group) is 1. The van der Waals surface area contributed by atoms with Gasteiger partial charge in [0.05, 0.1) is 11.2 Å². The minimum absolute atomic E-state index is 0.0250. The van der Waals surface area contributed by atoms with Crippen molar-refractivity contribution in [2.45, 2.75) is 51.3 Å². The lowest BCUT2D eigenvalue weighted by Gasteiger charge is -2.46. The van der Waals surface area contributed by atoms with Gasteiger partial charge in [0.15, 0.2) is 0 Å². The maximum Gasteiger partial charge on any atom is 0.317 e. The molecule has 2 heterocycles. The first-order chi connectivity index (χ1) is 13.5. The molecule has 2 aromatic rings. The lowest BCUT2D eigenvalue weighted by Crippen LogP contribution is -2.56. The number of rotatable bonds is 4. The molecule has 0 unspecified atom stereocenters. The normalized spacial score (nSPS) is 24.2. The summed E-state index contributed by atoms with van der Waals surface area (Å²) in [6, 6.07) is 4.75. The number of aromatic amines is 1. The summed E-state index contributed by atoms with van der Waals surface area (Å²) in [6.07, 6.45) is 1.91. The molecule has 7 heteroatoms. The number of benzene rings is 1. The second-order valence-corrected chi connectivity index (χ2v) is 8.85. The van der Waals surface area contributed by atoms with Gasteiger partial charge in [-0.05, 0) is 72.4 Å². The van der Waals surface area contributed by atoms with Crippen LogP contribution in [0.4, 0.5) is 4.79 Å². The molecule has 152 valence electrons. The molecule has 6 nitrogen and oxygen atoms in total. The van der Waals surface area contributed by atoms with E-state index in [1.165, 1.54) is 16.5 Å². The van der Waals surface area contributed by atoms with Crippen LogP contribution in [0.2, 0.25) is 0 Å². The summed E-state index contributed by atoms with van der Waals surface area (Å²) in [6.45, 7) is 6.34. The highest BCUT2D eigenvalue weighted by molar-refractivity contribution is 9.10. The lowest BCUT2D eigenvalue weighted by atomic mass is 9.73. The minimum atomic E-state index is 0.0250. The molecule has 0 radical (unpaired) electrons. The Hall–Kier alpha value is -1.57. The molecule has 2 aliphatic rings. The summed E-state index contributed by atoms with van der Waals surface area (Å²) in [5.74, 6) is 0.338. The van der Waals surface area contributed by atoms with Crippen LogP contribution in [0.15, 0.2) is 16.7 Å². The van der Waals surface area contributed by atoms with E-state index in [2.05, 4.69) is 44.2 Å². The van der Waals surface area contributed by atoms with Crippen LogP contribution in [0, 0.1) is 0 Å². The van der Waals surface area contributed by atoms with Crippen LogP contribution in [0.1, 0.15) is 42.9 Å². The number of fused-ring (bicyclic) bond motifs is 2. The van der Waals surface area contributed by atoms with E-state index >= 15 is 0 Å². The van der Waals surface area contributed by atoms with Crippen molar-refractivity contribution in [2.75, 3.05) is 26.7 Å². The van der Waals surface area contributed by atoms with Gasteiger partial charge in [0, 0.05) is 48.5 Å². The maximum atomic E-state index is 12.6. The van der Waals surface area contributed by atoms with E-state index in [-0.39, 0.29) is 18.7 Å². The fourth-order valence-corrected chi connectivity index (χ4v) is 5.67. The molecule has 0 saturated carbocycles. The number of aliphatic hydroxyl groups is 1. The molecule has 1 aliphatic heterocycles. The van der Waals surface area contributed by atoms with Crippen molar-refractivity contribution < 1.29 is 9.90 Å². The van der Waals surface area contributed by atoms with Crippen molar-refractivity contribution in [1.29, 1.82) is 0 Å². The molecule has 1 fully saturated rings. The minimum Gasteiger partial charge on any atom is -0.392 e. The number of piperidine rings is 1. The Morgan fingerprint density at radius 2 is 2.14 bits per heavy atom. The predicted octanol–water partition coefficient (Wildman–Crippen LogP) is 3.19. The van der Waals surface area contributed by atoms with Crippen LogP contribution in [-0.4, -0.2) is 64.7 Å². The fraction of sp³-hybridized carbons (Fsp3) is 0.571. The van der Waals surface area contributed by atoms with Gasteiger partial charge in [-0.3, -0.25) is 0 Å². The van der Waals surface area contributed by atoms with Gasteiger partial charge >= 0.3 is 6.03 Å². The van der Waals surface area contributed by atoms with Crippen molar-refractivity contribution in [3.8, 4) is 0 Å². The predicted molar refractivity (Wildman–Crippen MR) is 115 cm³/mol. The average Bonchev–Trinajstić information content (AvgIpc) is 2.99. The summed E-state index contributed by atoms with van der Waals surface area (Å²) < 4.78 is 1.04. The number of urea groups is 1. The average molecular weight is 449 g/mol. The standard InChI is InChI=1S/C21H29BrN4O2/c1-4-26(5-2)21(28)23-13-8-14-15-6-12(11-27)7-17-19(15)16(20(22)24-17)9-18(14)25(3)10-13/h6-7,13-14,18,24,27H,4-5,8-11H2,1-3H3,(H,23,28)/t13-,14+,18+/m0/s1. The van der Waals surface area contributed by atoms with E-state index in [1.807, 2.05) is 24.8 Å². The van der Waals surface area contributed by atoms with E-state index in [9.17, 15) is 9.90 Å². The molecule has 0 spiro atoms. The lowest BCUT2D eigenvalue weighted by molar-refractivity contribution is 0.124. The first-order valence-corrected chi connectivity index (χ1v) is 10.9. The molecule has 28 heavy (non-hydrogen) atoms. The topological polar surface area (TPSA) is 71.6 Å². The first kappa shape index (κ1) is 19.7. The number of halogens is 1. The highest BCUT2D eigenvalue weighted by Gasteiger charge is 2.41. The molecule has 4 rings (SSSR count). The number of amides is 2. The van der Waals surface area contributed by atoms with Gasteiger partial charge in [-0.2, -0.15) is 0 Å². The molecule has 2 amide bonds. The number of aromatic nitrogens is 1. The maximum absolute atomic E-state index is 12.6. The Kier molecular flexibility index (Phi) is 5.42. The van der Waals surface area contributed by atoms with E-state index in [0.29, 0.717) is 12.0 Å². The van der Waals surface area contributed by atoms with Crippen molar-refractivity contribution in [2.24, 2.45) is 0 Å². The summed E-state index contributed by atoms with van der Waals surface area (Å²) in [5.41, 5.74) is 4.64. The van der Waals surface area contributed by atoms with Gasteiger partial charge in [0.2, 0.25) is 0 Å². The molecule has 1 aromatic carbocycles. The Labute approximate surface area is 174 Å². The van der Waals surface area contributed by atoms with Gasteiger partial charge in [-0.15, -0.1) is 0 Å². The summed E-state index contributed by atoms with van der Waals surface area (Å²) in [4.78, 5) is 20.2. The highest BCUT2D eigenvalue weighted by Crippen LogP contribution is 2.45. The SMILES string of the molecule is CCN(CC)C(=O)N[C@H]1C[C@@H]2c3cc(CO)cc4[nH]c(Br)c(c34)C[C@H]2N(C)C1. The smallest absolute Gasteiger partial charge is 0.317 e. The number of carbonyl (C=O) groups is 1. The number of hydrogen-bond donors (Lipinski definition) is 3. The van der Waals surface area contributed by atoms with Crippen molar-refractivity contribution >= 4 is 32.9 Å². The third-order valence-electron chi connectivity index (χ3n) is 6.49. The monoisotopic (exact) mass is 448 g/mol. The van der Waals surface area contributed by atoms with E-state index in [4.69, 9.17) is 0 Å². The van der Waals surface area contributed by atoms with Crippen LogP contribution in [-0.2, 0) is 13.0 Å². The third kappa shape index (κ3) is 3.23. The molecule has 0 bridgehead atoms. The molecule has 1 aliphatic carbocycles. The van der Waals surface area contributed by atoms with Gasteiger partial charge < -0.3 is 25.2 Å². The Balaban J connectivity index is 1.68. The molecule has 1 aromatic heterocycles. The van der Waals surface area contributed by atoms with Crippen molar-refractivity contribution in [3.63, 3.8) is 0 Å². The summed E-state index contributed by atoms with van der Waals surface area (Å²) in [5, 5.41) is 14.3. The van der Waals surface area contributed by atoms with Gasteiger partial charge in [0.1, 0.15) is 0 Å². The number of H-pyrrole nitrogens is 1. The largest absolute Gasteiger partial charge is 0.392 e. The number of nitrogens with zero attached hydrogens (tertiary/aromatic N) is 2. The molecule has 3 atom stereocenters. The molecule has 3 N–H and O–H groups in total. The Bertz CT molecular complexity index is 892. The Morgan fingerprint density at radius 1 is 1.39 bits per heavy atom. The quantitative estimate of drug-likeness (QED) is 0.672. The number of carbonyl (C=O) groups excluding carboxylic acids is 1. The second-order valence-electron chi connectivity index (χ2n) is 8.06. The zero-order valence-electron chi connectivity index (χ0n) is 16.8. The fourth-order valence-electron chi connectivity index (χ4n) is 5.09. The van der Waals surface area contributed by atoms with Crippen LogP contribution in [0.3, 0.4) is 0 Å². The van der Waals surface area contributed by atoms with Crippen LogP contribution < -0.4 is 5.32 Å². The zero-order chi connectivity index (χ0) is 20.0. The van der Waals surface area contributed by atoms with Gasteiger partial charge in [-0.25, -0.2) is 4.79 Å². The Morgan fingerprint density at radius 3 is 2.82 bits per heavy atom. The van der Waals surface area contributed by atoms with Crippen LogP contribution in [0.5, 0.6) is 0 Å². The summed E-state index contributed by atoms with van der Waals surface area (Å²) in [7, 11) is 2.16. The first-order valence-electron chi connectivity index (χ1n) is 10.2.